The van der Waals surface area contributed by atoms with Crippen LogP contribution in [0.4, 0.5) is 0 Å². The van der Waals surface area contributed by atoms with Gasteiger partial charge in [-0.1, -0.05) is 186 Å². The van der Waals surface area contributed by atoms with Crippen LogP contribution >= 0.6 is 0 Å². The van der Waals surface area contributed by atoms with Gasteiger partial charge in [0.25, 0.3) is 0 Å². The fourth-order valence-electron chi connectivity index (χ4n) is 5.99. The van der Waals surface area contributed by atoms with Crippen LogP contribution in [-0.2, 0) is 23.8 Å². The van der Waals surface area contributed by atoms with E-state index in [2.05, 4.69) is 57.2 Å². The molecule has 0 saturated carbocycles. The molecule has 0 saturated heterocycles. The van der Waals surface area contributed by atoms with E-state index in [1.165, 1.54) is 109 Å². The van der Waals surface area contributed by atoms with Crippen LogP contribution in [0, 0.1) is 0 Å². The van der Waals surface area contributed by atoms with Gasteiger partial charge in [0.1, 0.15) is 6.61 Å². The van der Waals surface area contributed by atoms with Crippen LogP contribution in [0.25, 0.3) is 0 Å². The first-order valence-corrected chi connectivity index (χ1v) is 21.5. The average Bonchev–Trinajstić information content (AvgIpc) is 3.11. The van der Waals surface area contributed by atoms with Crippen LogP contribution in [0.15, 0.2) is 36.5 Å². The first-order chi connectivity index (χ1) is 24.6. The summed E-state index contributed by atoms with van der Waals surface area (Å²) in [5.74, 6) is -0.426. The van der Waals surface area contributed by atoms with Crippen molar-refractivity contribution in [1.29, 1.82) is 0 Å². The summed E-state index contributed by atoms with van der Waals surface area (Å²) in [6, 6.07) is 0. The first kappa shape index (κ1) is 48.1. The van der Waals surface area contributed by atoms with Gasteiger partial charge in [0.15, 0.2) is 6.10 Å². The lowest BCUT2D eigenvalue weighted by atomic mass is 10.1. The Morgan fingerprint density at radius 3 is 1.44 bits per heavy atom. The fraction of sp³-hybridized carbons (Fsp3) is 0.822. The van der Waals surface area contributed by atoms with Gasteiger partial charge in [-0.25, -0.2) is 0 Å². The number of allylic oxidation sites excluding steroid dienone is 6. The number of carbonyl (C=O) groups is 2. The summed E-state index contributed by atoms with van der Waals surface area (Å²) in [6.07, 6.45) is 47.1. The number of rotatable bonds is 39. The van der Waals surface area contributed by atoms with Crippen LogP contribution in [0.3, 0.4) is 0 Å². The average molecular weight is 703 g/mol. The second kappa shape index (κ2) is 41.5. The lowest BCUT2D eigenvalue weighted by Crippen LogP contribution is -2.30. The second-order valence-electron chi connectivity index (χ2n) is 14.2. The van der Waals surface area contributed by atoms with Crippen molar-refractivity contribution in [2.24, 2.45) is 0 Å². The van der Waals surface area contributed by atoms with Gasteiger partial charge >= 0.3 is 11.9 Å². The summed E-state index contributed by atoms with van der Waals surface area (Å²) in [6.45, 7) is 7.68. The van der Waals surface area contributed by atoms with Crippen molar-refractivity contribution in [2.45, 2.75) is 219 Å². The topological polar surface area (TPSA) is 61.8 Å². The number of hydrogen-bond acceptors (Lipinski definition) is 5. The minimum atomic E-state index is -0.538. The van der Waals surface area contributed by atoms with Gasteiger partial charge in [0.05, 0.1) is 6.61 Å². The first-order valence-electron chi connectivity index (χ1n) is 21.5. The minimum absolute atomic E-state index is 0.0748. The van der Waals surface area contributed by atoms with E-state index in [-0.39, 0.29) is 25.2 Å². The minimum Gasteiger partial charge on any atom is -0.462 e. The Morgan fingerprint density at radius 2 is 0.900 bits per heavy atom. The molecule has 0 aliphatic rings. The molecule has 0 aliphatic heterocycles. The molecule has 0 aromatic heterocycles. The van der Waals surface area contributed by atoms with E-state index in [1.807, 2.05) is 0 Å². The van der Waals surface area contributed by atoms with Gasteiger partial charge in [0, 0.05) is 19.4 Å². The van der Waals surface area contributed by atoms with E-state index >= 15 is 0 Å². The maximum absolute atomic E-state index is 12.7. The van der Waals surface area contributed by atoms with Crippen molar-refractivity contribution in [3.63, 3.8) is 0 Å². The summed E-state index contributed by atoms with van der Waals surface area (Å²) in [7, 11) is 0. The Bertz CT molecular complexity index is 801. The molecule has 0 amide bonds. The van der Waals surface area contributed by atoms with Crippen molar-refractivity contribution >= 4 is 11.9 Å². The van der Waals surface area contributed by atoms with Crippen LogP contribution < -0.4 is 0 Å². The summed E-state index contributed by atoms with van der Waals surface area (Å²) >= 11 is 0. The molecular formula is C45H82O5. The zero-order valence-electron chi connectivity index (χ0n) is 33.4. The van der Waals surface area contributed by atoms with E-state index in [0.29, 0.717) is 19.4 Å². The van der Waals surface area contributed by atoms with E-state index in [0.717, 1.165) is 70.6 Å². The van der Waals surface area contributed by atoms with Crippen molar-refractivity contribution in [1.82, 2.24) is 0 Å². The summed E-state index contributed by atoms with van der Waals surface area (Å²) < 4.78 is 17.2. The van der Waals surface area contributed by atoms with Crippen LogP contribution in [0.2, 0.25) is 0 Å². The Hall–Kier alpha value is -1.88. The molecule has 0 fully saturated rings. The SMILES string of the molecule is CC/C=C\C/C=C\C/C=C\CCCCCC(=O)OCC(COCCCCCCCCCCCC)OC(=O)CCCCCCCCCCCCC. The summed E-state index contributed by atoms with van der Waals surface area (Å²) in [5.41, 5.74) is 0. The zero-order chi connectivity index (χ0) is 36.4. The number of hydrogen-bond donors (Lipinski definition) is 0. The predicted octanol–water partition coefficient (Wildman–Crippen LogP) is 13.9. The lowest BCUT2D eigenvalue weighted by molar-refractivity contribution is -0.163. The van der Waals surface area contributed by atoms with Crippen LogP contribution in [0.5, 0.6) is 0 Å². The molecule has 0 spiro atoms. The molecule has 1 atom stereocenters. The van der Waals surface area contributed by atoms with Gasteiger partial charge in [-0.2, -0.15) is 0 Å². The number of ether oxygens (including phenoxy) is 3. The van der Waals surface area contributed by atoms with E-state index in [4.69, 9.17) is 14.2 Å². The number of unbranched alkanes of at least 4 members (excludes halogenated alkanes) is 22. The molecule has 50 heavy (non-hydrogen) atoms. The monoisotopic (exact) mass is 703 g/mol. The molecule has 0 radical (unpaired) electrons. The van der Waals surface area contributed by atoms with Gasteiger partial charge in [0.2, 0.25) is 0 Å². The third-order valence-electron chi connectivity index (χ3n) is 9.19. The number of carbonyl (C=O) groups excluding carboxylic acids is 2. The summed E-state index contributed by atoms with van der Waals surface area (Å²) in [4.78, 5) is 25.1. The molecule has 0 N–H and O–H groups in total. The molecule has 5 heteroatoms. The van der Waals surface area contributed by atoms with Gasteiger partial charge in [-0.3, -0.25) is 9.59 Å². The highest BCUT2D eigenvalue weighted by atomic mass is 16.6. The smallest absolute Gasteiger partial charge is 0.306 e. The maximum atomic E-state index is 12.7. The van der Waals surface area contributed by atoms with Crippen LogP contribution in [0.1, 0.15) is 213 Å². The maximum Gasteiger partial charge on any atom is 0.306 e. The van der Waals surface area contributed by atoms with Gasteiger partial charge in [-0.05, 0) is 51.4 Å². The molecule has 5 nitrogen and oxygen atoms in total. The zero-order valence-corrected chi connectivity index (χ0v) is 33.4. The molecule has 0 rings (SSSR count). The highest BCUT2D eigenvalue weighted by Gasteiger charge is 2.17. The van der Waals surface area contributed by atoms with Crippen LogP contribution in [-0.4, -0.2) is 37.9 Å². The molecule has 0 bridgehead atoms. The van der Waals surface area contributed by atoms with Gasteiger partial charge < -0.3 is 14.2 Å². The van der Waals surface area contributed by atoms with E-state index in [1.54, 1.807) is 0 Å². The predicted molar refractivity (Wildman–Crippen MR) is 215 cm³/mol. The Morgan fingerprint density at radius 1 is 0.460 bits per heavy atom. The molecule has 292 valence electrons. The second-order valence-corrected chi connectivity index (χ2v) is 14.2. The lowest BCUT2D eigenvalue weighted by Gasteiger charge is -2.18. The van der Waals surface area contributed by atoms with Crippen molar-refractivity contribution in [3.05, 3.63) is 36.5 Å². The normalized spacial score (nSPS) is 12.5. The molecule has 0 heterocycles. The van der Waals surface area contributed by atoms with Gasteiger partial charge in [-0.15, -0.1) is 0 Å². The third-order valence-corrected chi connectivity index (χ3v) is 9.19. The Balaban J connectivity index is 4.27. The quantitative estimate of drug-likeness (QED) is 0.0362. The largest absolute Gasteiger partial charge is 0.462 e. The van der Waals surface area contributed by atoms with Crippen molar-refractivity contribution < 1.29 is 23.8 Å². The molecular weight excluding hydrogens is 620 g/mol. The standard InChI is InChI=1S/C45H82O5/c1-4-7-10-13-16-19-22-23-25-26-29-32-35-38-44(46)49-42-43(41-48-40-37-34-31-28-21-18-15-12-9-6-3)50-45(47)39-36-33-30-27-24-20-17-14-11-8-5-2/h7,10,16,19,23,25,43H,4-6,8-9,11-15,17-18,20-22,24,26-42H2,1-3H3/b10-7-,19-16-,25-23-. The third kappa shape index (κ3) is 38.9. The molecule has 1 unspecified atom stereocenters. The Kier molecular flexibility index (Phi) is 40.0. The van der Waals surface area contributed by atoms with Crippen molar-refractivity contribution in [3.8, 4) is 0 Å². The van der Waals surface area contributed by atoms with Crippen molar-refractivity contribution in [2.75, 3.05) is 19.8 Å². The van der Waals surface area contributed by atoms with E-state index in [9.17, 15) is 9.59 Å². The highest BCUT2D eigenvalue weighted by molar-refractivity contribution is 5.70. The summed E-state index contributed by atoms with van der Waals surface area (Å²) in [5, 5.41) is 0. The molecule has 0 aromatic rings. The van der Waals surface area contributed by atoms with E-state index < -0.39 is 6.10 Å². The highest BCUT2D eigenvalue weighted by Crippen LogP contribution is 2.14. The molecule has 0 aliphatic carbocycles. The number of esters is 2. The fourth-order valence-corrected chi connectivity index (χ4v) is 5.99. The molecule has 0 aromatic carbocycles. The Labute approximate surface area is 310 Å².